The second-order valence-electron chi connectivity index (χ2n) is 18.1. The Bertz CT molecular complexity index is 1650. The minimum Gasteiger partial charge on any atom is -0.394 e. The van der Waals surface area contributed by atoms with Crippen LogP contribution >= 0.6 is 0 Å². The van der Waals surface area contributed by atoms with Gasteiger partial charge in [0.15, 0.2) is 44.0 Å². The van der Waals surface area contributed by atoms with Crippen LogP contribution in [0.5, 0.6) is 0 Å². The molecular weight excluding hydrogens is 996 g/mol. The van der Waals surface area contributed by atoms with Gasteiger partial charge in [-0.25, -0.2) is 0 Å². The lowest BCUT2D eigenvalue weighted by Crippen LogP contribution is -2.69. The minimum atomic E-state index is -2.37. The Kier molecular flexibility index (Phi) is 20.3. The van der Waals surface area contributed by atoms with E-state index in [0.29, 0.717) is 0 Å². The monoisotopic (exact) mass is 1060 g/mol. The zero-order valence-corrected chi connectivity index (χ0v) is 37.7. The van der Waals surface area contributed by atoms with Gasteiger partial charge < -0.3 is 164 Å². The van der Waals surface area contributed by atoms with E-state index < -0.39 is 243 Å². The van der Waals surface area contributed by atoms with E-state index in [1.54, 1.807) is 0 Å². The maximum atomic E-state index is 11.7. The highest BCUT2D eigenvalue weighted by Crippen LogP contribution is 2.38. The summed E-state index contributed by atoms with van der Waals surface area (Å²) in [5.41, 5.74) is 0. The van der Waals surface area contributed by atoms with Crippen LogP contribution in [0.4, 0.5) is 0 Å². The summed E-state index contributed by atoms with van der Waals surface area (Å²) >= 11 is 0. The lowest BCUT2D eigenvalue weighted by molar-refractivity contribution is -0.408. The predicted molar refractivity (Wildman–Crippen MR) is 214 cm³/mol. The summed E-state index contributed by atoms with van der Waals surface area (Å²) in [6, 6.07) is 0. The first kappa shape index (κ1) is 58.4. The average molecular weight is 1060 g/mol. The molecule has 22 rings (SSSR count). The van der Waals surface area contributed by atoms with Gasteiger partial charge in [0.1, 0.15) is 153 Å². The molecule has 32 atom stereocenters. The van der Waals surface area contributed by atoms with Crippen molar-refractivity contribution in [3.8, 4) is 0 Å². The highest BCUT2D eigenvalue weighted by atomic mass is 16.8. The standard InChI is InChI=1S/C39H66O33/c40-1-8(47)33(59)66-32-25(58)39-65-14(7-46)31(32)72-38-24(57)19(52)29(12(5-44)64-38)70-36-22(55)17(50)27(10(3-42)62-36)68-34-20(53)15(48)26(9(2-41)60-34)67-35-21(54)16(49)28(11(4-43)61-35)69-37-23(56)18(51)30(71-39)13(6-45)63-37/h8-59H,1-7H2/t8?,9-,10-,11-,12-,13-,14-,15-,16-,17-,18-,19-,20-,21-,22-,23-,24-,25-,26-,27-,28-,29-,30-,31+,32-,33?,34-,35-,36-,37-,38-,39-/m1/s1. The number of aliphatic hydroxyl groups excluding tert-OH is 20. The van der Waals surface area contributed by atoms with Gasteiger partial charge in [0.05, 0.1) is 46.2 Å². The first-order chi connectivity index (χ1) is 34.3. The van der Waals surface area contributed by atoms with Crippen molar-refractivity contribution in [3.05, 3.63) is 0 Å². The second kappa shape index (κ2) is 25.0. The summed E-state index contributed by atoms with van der Waals surface area (Å²) in [5.74, 6) is 0. The molecule has 0 saturated carbocycles. The van der Waals surface area contributed by atoms with Gasteiger partial charge in [0.25, 0.3) is 0 Å². The average Bonchev–Trinajstić information content (AvgIpc) is 3.37. The molecule has 0 aromatic rings. The fraction of sp³-hybridized carbons (Fsp3) is 1.00. The van der Waals surface area contributed by atoms with Crippen molar-refractivity contribution in [1.82, 2.24) is 0 Å². The molecule has 0 amide bonds. The van der Waals surface area contributed by atoms with E-state index in [0.717, 1.165) is 0 Å². The van der Waals surface area contributed by atoms with Gasteiger partial charge >= 0.3 is 0 Å². The smallest absolute Gasteiger partial charge is 0.187 e. The van der Waals surface area contributed by atoms with E-state index in [1.165, 1.54) is 0 Å². The highest BCUT2D eigenvalue weighted by molar-refractivity contribution is 5.01. The molecule has 72 heavy (non-hydrogen) atoms. The van der Waals surface area contributed by atoms with E-state index in [4.69, 9.17) is 61.6 Å². The molecule has 22 aliphatic heterocycles. The summed E-state index contributed by atoms with van der Waals surface area (Å²) in [4.78, 5) is 0. The lowest BCUT2D eigenvalue weighted by Gasteiger charge is -2.51. The van der Waals surface area contributed by atoms with Crippen LogP contribution in [0, 0.1) is 0 Å². The van der Waals surface area contributed by atoms with Gasteiger partial charge in [0, 0.05) is 0 Å². The fourth-order valence-corrected chi connectivity index (χ4v) is 9.41. The Morgan fingerprint density at radius 1 is 0.278 bits per heavy atom. The Morgan fingerprint density at radius 3 is 0.708 bits per heavy atom. The van der Waals surface area contributed by atoms with E-state index in [1.807, 2.05) is 0 Å². The molecule has 22 fully saturated rings. The molecule has 2 unspecified atom stereocenters. The van der Waals surface area contributed by atoms with Crippen LogP contribution in [-0.4, -0.2) is 345 Å². The molecule has 22 saturated heterocycles. The number of rotatable bonds is 10. The third-order valence-electron chi connectivity index (χ3n) is 13.5. The van der Waals surface area contributed by atoms with E-state index in [-0.39, 0.29) is 0 Å². The van der Waals surface area contributed by atoms with Crippen LogP contribution in [0.2, 0.25) is 0 Å². The zero-order valence-electron chi connectivity index (χ0n) is 37.7. The molecule has 0 aromatic carbocycles. The summed E-state index contributed by atoms with van der Waals surface area (Å²) in [6.45, 7) is -7.46. The summed E-state index contributed by atoms with van der Waals surface area (Å²) < 4.78 is 74.0. The van der Waals surface area contributed by atoms with Gasteiger partial charge in [-0.15, -0.1) is 0 Å². The van der Waals surface area contributed by atoms with E-state index in [2.05, 4.69) is 0 Å². The number of hydrogen-bond acceptors (Lipinski definition) is 33. The third-order valence-corrected chi connectivity index (χ3v) is 13.5. The van der Waals surface area contributed by atoms with Gasteiger partial charge in [-0.2, -0.15) is 0 Å². The SMILES string of the molecule is OCC(O)C(O)O[C@@H]1[C@@H](O)[C@H]2O[C@H]3[C@H](O)[C@@H](O)[C@@H](O[C@H]4[C@H](O)[C@@H](O)[C@@H](O[C@H]5[C@H](O)[C@@H](O)[C@@H](O[C@H]6[C@H](O)[C@@H](O)[C@@H](O[C@H]7[C@H](O)[C@@H](O)[C@@H](O[C@H]1[C@@H](CO)O2)O[C@@H]7CO)O[C@@H]6CO)O[C@@H]5CO)O[C@@H]4CO)O[C@@H]3CO. The van der Waals surface area contributed by atoms with Crippen LogP contribution in [0.3, 0.4) is 0 Å². The van der Waals surface area contributed by atoms with Crippen LogP contribution in [-0.2, 0) is 61.6 Å². The number of ether oxygens (including phenoxy) is 13. The summed E-state index contributed by atoms with van der Waals surface area (Å²) in [5, 5.41) is 217. The third kappa shape index (κ3) is 11.6. The van der Waals surface area contributed by atoms with Crippen molar-refractivity contribution in [2.24, 2.45) is 0 Å². The molecule has 33 nitrogen and oxygen atoms in total. The van der Waals surface area contributed by atoms with Gasteiger partial charge in [0.2, 0.25) is 0 Å². The van der Waals surface area contributed by atoms with Crippen molar-refractivity contribution in [1.29, 1.82) is 0 Å². The Hall–Kier alpha value is -1.32. The Balaban J connectivity index is 1.23. The summed E-state index contributed by atoms with van der Waals surface area (Å²) in [6.07, 6.45) is -65.0. The molecule has 0 spiro atoms. The fourth-order valence-electron chi connectivity index (χ4n) is 9.41. The Labute approximate surface area is 406 Å². The largest absolute Gasteiger partial charge is 0.394 e. The van der Waals surface area contributed by atoms with Crippen molar-refractivity contribution in [2.75, 3.05) is 46.2 Å². The molecule has 22 aliphatic rings. The van der Waals surface area contributed by atoms with Crippen LogP contribution in [0.15, 0.2) is 0 Å². The van der Waals surface area contributed by atoms with E-state index in [9.17, 15) is 102 Å². The topological polar surface area (TPSA) is 525 Å². The maximum absolute atomic E-state index is 11.7. The zero-order chi connectivity index (χ0) is 52.6. The molecule has 22 heterocycles. The van der Waals surface area contributed by atoms with Crippen molar-refractivity contribution >= 4 is 0 Å². The van der Waals surface area contributed by atoms with Crippen molar-refractivity contribution < 1.29 is 164 Å². The van der Waals surface area contributed by atoms with Crippen LogP contribution in [0.1, 0.15) is 0 Å². The minimum absolute atomic E-state index is 1.02. The number of hydrogen-bond donors (Lipinski definition) is 20. The molecule has 20 N–H and O–H groups in total. The van der Waals surface area contributed by atoms with Gasteiger partial charge in [-0.1, -0.05) is 0 Å². The van der Waals surface area contributed by atoms with Crippen molar-refractivity contribution in [2.45, 2.75) is 197 Å². The first-order valence-electron chi connectivity index (χ1n) is 22.9. The van der Waals surface area contributed by atoms with Gasteiger partial charge in [-0.05, 0) is 0 Å². The van der Waals surface area contributed by atoms with Crippen LogP contribution < -0.4 is 0 Å². The maximum Gasteiger partial charge on any atom is 0.187 e. The van der Waals surface area contributed by atoms with Crippen molar-refractivity contribution in [3.63, 3.8) is 0 Å². The Morgan fingerprint density at radius 2 is 0.486 bits per heavy atom. The molecule has 33 heteroatoms. The van der Waals surface area contributed by atoms with Crippen LogP contribution in [0.25, 0.3) is 0 Å². The quantitative estimate of drug-likeness (QED) is 0.0903. The molecule has 0 aromatic heterocycles. The van der Waals surface area contributed by atoms with E-state index >= 15 is 0 Å². The second-order valence-corrected chi connectivity index (χ2v) is 18.1. The first-order valence-corrected chi connectivity index (χ1v) is 22.9. The molecule has 12 bridgehead atoms. The van der Waals surface area contributed by atoms with Gasteiger partial charge in [-0.3, -0.25) is 0 Å². The molecule has 0 radical (unpaired) electrons. The predicted octanol–water partition coefficient (Wildman–Crippen LogP) is -14.4. The highest BCUT2D eigenvalue weighted by Gasteiger charge is 2.59. The number of aliphatic hydroxyl groups is 20. The lowest BCUT2D eigenvalue weighted by atomic mass is 9.94. The normalized spacial score (nSPS) is 52.7. The molecule has 420 valence electrons. The summed E-state index contributed by atoms with van der Waals surface area (Å²) in [7, 11) is 0. The molecular formula is C39H66O33. The molecule has 0 aliphatic carbocycles.